The molecule has 0 bridgehead atoms. The zero-order valence-corrected chi connectivity index (χ0v) is 25.7. The van der Waals surface area contributed by atoms with Crippen molar-refractivity contribution < 1.29 is 18.4 Å². The molecule has 7 nitrogen and oxygen atoms in total. The summed E-state index contributed by atoms with van der Waals surface area (Å²) in [4.78, 5) is 38.7. The fourth-order valence-corrected chi connectivity index (χ4v) is 6.61. The van der Waals surface area contributed by atoms with Crippen LogP contribution in [0.4, 0.5) is 8.78 Å². The van der Waals surface area contributed by atoms with Crippen LogP contribution in [0.5, 0.6) is 0 Å². The average molecular weight is 610 g/mol. The summed E-state index contributed by atoms with van der Waals surface area (Å²) in [5.41, 5.74) is 2.61. The lowest BCUT2D eigenvalue weighted by atomic mass is 9.83. The van der Waals surface area contributed by atoms with Gasteiger partial charge in [-0.3, -0.25) is 14.5 Å². The Kier molecular flexibility index (Phi) is 9.13. The van der Waals surface area contributed by atoms with Crippen molar-refractivity contribution in [2.45, 2.75) is 64.0 Å². The van der Waals surface area contributed by atoms with Gasteiger partial charge >= 0.3 is 0 Å². The highest BCUT2D eigenvalue weighted by Gasteiger charge is 2.44. The number of nitrogens with zero attached hydrogens (tertiary/aromatic N) is 4. The number of halogens is 3. The monoisotopic (exact) mass is 609 g/mol. The SMILES string of the molecule is CC(NC(=O)c1cncnc1)c1cc(Cl)ccc1C1CCN(C(=O)C2CN(C(C)(C)C)CC2c2ccc(F)cc2F)CC1. The standard InChI is InChI=1S/C33H38ClF2N5O2/c1-20(39-31(42)22-15-37-19-38-16-22)27-13-23(34)5-7-25(27)21-9-11-40(12-10-21)32(43)29-18-41(33(2,3)4)17-28(29)26-8-6-24(35)14-30(26)36/h5-8,13-16,19-21,28-29H,9-12,17-18H2,1-4H3,(H,39,42). The first kappa shape index (κ1) is 31.0. The average Bonchev–Trinajstić information content (AvgIpc) is 3.43. The maximum Gasteiger partial charge on any atom is 0.254 e. The van der Waals surface area contributed by atoms with Crippen LogP contribution in [0.2, 0.25) is 5.02 Å². The minimum Gasteiger partial charge on any atom is -0.345 e. The molecule has 2 saturated heterocycles. The summed E-state index contributed by atoms with van der Waals surface area (Å²) in [7, 11) is 0. The second-order valence-electron chi connectivity index (χ2n) is 12.6. The molecular formula is C33H38ClF2N5O2. The molecule has 0 aliphatic carbocycles. The molecule has 2 fully saturated rings. The molecule has 2 amide bonds. The Balaban J connectivity index is 1.30. The molecule has 3 unspecified atom stereocenters. The number of nitrogens with one attached hydrogen (secondary N) is 1. The zero-order chi connectivity index (χ0) is 30.9. The molecule has 2 aliphatic heterocycles. The van der Waals surface area contributed by atoms with E-state index in [0.29, 0.717) is 42.3 Å². The molecule has 0 saturated carbocycles. The summed E-state index contributed by atoms with van der Waals surface area (Å²) < 4.78 is 28.6. The molecule has 2 aliphatic rings. The second-order valence-corrected chi connectivity index (χ2v) is 13.1. The quantitative estimate of drug-likeness (QED) is 0.364. The third kappa shape index (κ3) is 6.88. The Hall–Kier alpha value is -3.43. The van der Waals surface area contributed by atoms with Crippen molar-refractivity contribution in [3.05, 3.63) is 94.0 Å². The predicted octanol–water partition coefficient (Wildman–Crippen LogP) is 6.12. The van der Waals surface area contributed by atoms with E-state index in [1.54, 1.807) is 0 Å². The Morgan fingerprint density at radius 1 is 1.00 bits per heavy atom. The van der Waals surface area contributed by atoms with Crippen LogP contribution >= 0.6 is 11.6 Å². The number of carbonyl (C=O) groups is 2. The lowest BCUT2D eigenvalue weighted by molar-refractivity contribution is -0.136. The summed E-state index contributed by atoms with van der Waals surface area (Å²) in [6.45, 7) is 10.4. The zero-order valence-electron chi connectivity index (χ0n) is 25.0. The Morgan fingerprint density at radius 3 is 2.33 bits per heavy atom. The van der Waals surface area contributed by atoms with Gasteiger partial charge in [-0.15, -0.1) is 0 Å². The van der Waals surface area contributed by atoms with E-state index in [0.717, 1.165) is 30.0 Å². The van der Waals surface area contributed by atoms with Crippen LogP contribution in [0.15, 0.2) is 55.1 Å². The van der Waals surface area contributed by atoms with Crippen LogP contribution in [0.25, 0.3) is 0 Å². The Labute approximate surface area is 256 Å². The number of benzene rings is 2. The van der Waals surface area contributed by atoms with Crippen molar-refractivity contribution in [3.8, 4) is 0 Å². The number of aromatic nitrogens is 2. The van der Waals surface area contributed by atoms with Gasteiger partial charge in [0.15, 0.2) is 0 Å². The van der Waals surface area contributed by atoms with Crippen molar-refractivity contribution in [1.29, 1.82) is 0 Å². The Bertz CT molecular complexity index is 1470. The number of rotatable bonds is 6. The van der Waals surface area contributed by atoms with Gasteiger partial charge in [-0.1, -0.05) is 23.7 Å². The second kappa shape index (κ2) is 12.7. The van der Waals surface area contributed by atoms with Gasteiger partial charge in [-0.05, 0) is 81.3 Å². The van der Waals surface area contributed by atoms with Gasteiger partial charge in [0.25, 0.3) is 5.91 Å². The highest BCUT2D eigenvalue weighted by molar-refractivity contribution is 6.30. The lowest BCUT2D eigenvalue weighted by Gasteiger charge is -2.36. The lowest BCUT2D eigenvalue weighted by Crippen LogP contribution is -2.44. The van der Waals surface area contributed by atoms with Crippen LogP contribution in [-0.2, 0) is 4.79 Å². The first-order valence-electron chi connectivity index (χ1n) is 14.8. The number of carbonyl (C=O) groups excluding carboxylic acids is 2. The smallest absolute Gasteiger partial charge is 0.254 e. The van der Waals surface area contributed by atoms with Crippen LogP contribution < -0.4 is 5.32 Å². The molecule has 2 aromatic carbocycles. The number of hydrogen-bond donors (Lipinski definition) is 1. The maximum absolute atomic E-state index is 14.9. The summed E-state index contributed by atoms with van der Waals surface area (Å²) in [5, 5.41) is 3.61. The fourth-order valence-electron chi connectivity index (χ4n) is 6.43. The molecule has 3 atom stereocenters. The van der Waals surface area contributed by atoms with E-state index < -0.39 is 17.6 Å². The molecule has 3 aromatic rings. The third-order valence-electron chi connectivity index (χ3n) is 8.88. The summed E-state index contributed by atoms with van der Waals surface area (Å²) >= 11 is 6.38. The number of piperidine rings is 1. The molecule has 0 spiro atoms. The van der Waals surface area contributed by atoms with Gasteiger partial charge in [0.05, 0.1) is 17.5 Å². The van der Waals surface area contributed by atoms with Crippen LogP contribution in [0.3, 0.4) is 0 Å². The van der Waals surface area contributed by atoms with Crippen molar-refractivity contribution in [1.82, 2.24) is 25.1 Å². The van der Waals surface area contributed by atoms with E-state index in [-0.39, 0.29) is 35.2 Å². The first-order chi connectivity index (χ1) is 20.4. The molecule has 10 heteroatoms. The van der Waals surface area contributed by atoms with E-state index >= 15 is 0 Å². The fraction of sp³-hybridized carbons (Fsp3) is 0.455. The van der Waals surface area contributed by atoms with Crippen molar-refractivity contribution >= 4 is 23.4 Å². The first-order valence-corrected chi connectivity index (χ1v) is 15.1. The molecule has 1 aromatic heterocycles. The summed E-state index contributed by atoms with van der Waals surface area (Å²) in [6.07, 6.45) is 5.82. The van der Waals surface area contributed by atoms with Crippen molar-refractivity contribution in [2.24, 2.45) is 5.92 Å². The molecule has 43 heavy (non-hydrogen) atoms. The molecule has 228 valence electrons. The maximum atomic E-state index is 14.9. The van der Waals surface area contributed by atoms with Gasteiger partial charge in [0.2, 0.25) is 5.91 Å². The minimum absolute atomic E-state index is 0.0148. The van der Waals surface area contributed by atoms with Gasteiger partial charge in [0, 0.05) is 61.1 Å². The van der Waals surface area contributed by atoms with Gasteiger partial charge in [-0.25, -0.2) is 18.7 Å². The molecule has 1 N–H and O–H groups in total. The van der Waals surface area contributed by atoms with E-state index in [2.05, 4.69) is 41.0 Å². The van der Waals surface area contributed by atoms with Crippen molar-refractivity contribution in [3.63, 3.8) is 0 Å². The predicted molar refractivity (Wildman–Crippen MR) is 162 cm³/mol. The van der Waals surface area contributed by atoms with Gasteiger partial charge < -0.3 is 10.2 Å². The molecule has 5 rings (SSSR count). The largest absolute Gasteiger partial charge is 0.345 e. The topological polar surface area (TPSA) is 78.4 Å². The van der Waals surface area contributed by atoms with Crippen LogP contribution in [-0.4, -0.2) is 63.3 Å². The third-order valence-corrected chi connectivity index (χ3v) is 9.11. The number of likely N-dealkylation sites (tertiary alicyclic amines) is 2. The molecular weight excluding hydrogens is 572 g/mol. The summed E-state index contributed by atoms with van der Waals surface area (Å²) in [5.74, 6) is -2.08. The highest BCUT2D eigenvalue weighted by Crippen LogP contribution is 2.40. The molecule has 0 radical (unpaired) electrons. The normalized spacial score (nSPS) is 20.7. The van der Waals surface area contributed by atoms with Gasteiger partial charge in [0.1, 0.15) is 18.0 Å². The Morgan fingerprint density at radius 2 is 1.67 bits per heavy atom. The van der Waals surface area contributed by atoms with Crippen molar-refractivity contribution in [2.75, 3.05) is 26.2 Å². The van der Waals surface area contributed by atoms with Crippen LogP contribution in [0.1, 0.15) is 85.5 Å². The summed E-state index contributed by atoms with van der Waals surface area (Å²) in [6, 6.07) is 9.12. The number of hydrogen-bond acceptors (Lipinski definition) is 5. The van der Waals surface area contributed by atoms with Gasteiger partial charge in [-0.2, -0.15) is 0 Å². The van der Waals surface area contributed by atoms with E-state index in [1.165, 1.54) is 30.9 Å². The minimum atomic E-state index is -0.624. The van der Waals surface area contributed by atoms with Crippen LogP contribution in [0, 0.1) is 17.6 Å². The van der Waals surface area contributed by atoms with E-state index in [4.69, 9.17) is 11.6 Å². The van der Waals surface area contributed by atoms with E-state index in [9.17, 15) is 18.4 Å². The van der Waals surface area contributed by atoms with E-state index in [1.807, 2.05) is 30.0 Å². The molecule has 3 heterocycles. The highest BCUT2D eigenvalue weighted by atomic mass is 35.5. The number of amides is 2.